The Morgan fingerprint density at radius 2 is 1.85 bits per heavy atom. The SMILES string of the molecule is C=C(C)C(=O)OCCO[C@H]1O[C@H](CO)[C@@H](O)[C@H](O)[C@H]1O. The summed E-state index contributed by atoms with van der Waals surface area (Å²) >= 11 is 0. The summed E-state index contributed by atoms with van der Waals surface area (Å²) in [5.41, 5.74) is 0.248. The molecule has 0 aromatic rings. The third kappa shape index (κ3) is 4.23. The zero-order valence-electron chi connectivity index (χ0n) is 11.1. The molecule has 8 nitrogen and oxygen atoms in total. The Bertz CT molecular complexity index is 342. The molecule has 0 aromatic carbocycles. The first kappa shape index (κ1) is 17.0. The molecule has 0 aliphatic carbocycles. The van der Waals surface area contributed by atoms with Gasteiger partial charge in [-0.1, -0.05) is 6.58 Å². The van der Waals surface area contributed by atoms with Gasteiger partial charge in [-0.25, -0.2) is 4.79 Å². The van der Waals surface area contributed by atoms with Crippen molar-refractivity contribution in [2.45, 2.75) is 37.6 Å². The molecule has 1 saturated heterocycles. The van der Waals surface area contributed by atoms with Crippen molar-refractivity contribution in [1.82, 2.24) is 0 Å². The van der Waals surface area contributed by atoms with Gasteiger partial charge in [0.05, 0.1) is 13.2 Å². The average Bonchev–Trinajstić information content (AvgIpc) is 2.42. The van der Waals surface area contributed by atoms with E-state index in [0.717, 1.165) is 0 Å². The smallest absolute Gasteiger partial charge is 0.333 e. The van der Waals surface area contributed by atoms with Crippen LogP contribution >= 0.6 is 0 Å². The molecule has 116 valence electrons. The summed E-state index contributed by atoms with van der Waals surface area (Å²) in [6, 6.07) is 0. The van der Waals surface area contributed by atoms with E-state index in [4.69, 9.17) is 19.3 Å². The second-order valence-corrected chi connectivity index (χ2v) is 4.48. The Balaban J connectivity index is 2.39. The first-order valence-corrected chi connectivity index (χ1v) is 6.13. The molecule has 1 heterocycles. The van der Waals surface area contributed by atoms with Gasteiger partial charge in [0.15, 0.2) is 6.29 Å². The Morgan fingerprint density at radius 3 is 2.40 bits per heavy atom. The summed E-state index contributed by atoms with van der Waals surface area (Å²) in [5, 5.41) is 37.7. The van der Waals surface area contributed by atoms with Crippen molar-refractivity contribution in [1.29, 1.82) is 0 Å². The van der Waals surface area contributed by atoms with Gasteiger partial charge in [-0.3, -0.25) is 0 Å². The van der Waals surface area contributed by atoms with Crippen LogP contribution in [0.15, 0.2) is 12.2 Å². The van der Waals surface area contributed by atoms with E-state index in [1.54, 1.807) is 0 Å². The number of carbonyl (C=O) groups excluding carboxylic acids is 1. The summed E-state index contributed by atoms with van der Waals surface area (Å²) in [4.78, 5) is 11.1. The predicted octanol–water partition coefficient (Wildman–Crippen LogP) is -2.08. The zero-order valence-corrected chi connectivity index (χ0v) is 11.1. The standard InChI is InChI=1S/C12H20O8/c1-6(2)11(17)18-3-4-19-12-10(16)9(15)8(14)7(5-13)20-12/h7-10,12-16H,1,3-5H2,2H3/t7-,8-,9+,10-,12+/m1/s1. The minimum absolute atomic E-state index is 0.0816. The molecule has 20 heavy (non-hydrogen) atoms. The van der Waals surface area contributed by atoms with E-state index in [-0.39, 0.29) is 18.8 Å². The number of hydrogen-bond acceptors (Lipinski definition) is 8. The lowest BCUT2D eigenvalue weighted by atomic mass is 9.99. The molecule has 1 aliphatic heterocycles. The van der Waals surface area contributed by atoms with Gasteiger partial charge in [-0.15, -0.1) is 0 Å². The topological polar surface area (TPSA) is 126 Å². The predicted molar refractivity (Wildman–Crippen MR) is 65.5 cm³/mol. The molecule has 0 saturated carbocycles. The van der Waals surface area contributed by atoms with E-state index in [1.165, 1.54) is 6.92 Å². The van der Waals surface area contributed by atoms with E-state index in [1.807, 2.05) is 0 Å². The highest BCUT2D eigenvalue weighted by molar-refractivity contribution is 5.86. The number of aliphatic hydroxyl groups is 4. The lowest BCUT2D eigenvalue weighted by Crippen LogP contribution is -2.59. The number of rotatable bonds is 6. The van der Waals surface area contributed by atoms with Crippen molar-refractivity contribution in [3.8, 4) is 0 Å². The van der Waals surface area contributed by atoms with Crippen LogP contribution in [0, 0.1) is 0 Å². The van der Waals surface area contributed by atoms with Gasteiger partial charge in [-0.05, 0) is 6.92 Å². The van der Waals surface area contributed by atoms with Crippen LogP contribution in [0.5, 0.6) is 0 Å². The number of carbonyl (C=O) groups is 1. The van der Waals surface area contributed by atoms with Crippen LogP contribution < -0.4 is 0 Å². The molecule has 0 amide bonds. The minimum atomic E-state index is -1.50. The fourth-order valence-electron chi connectivity index (χ4n) is 1.63. The fourth-order valence-corrected chi connectivity index (χ4v) is 1.63. The molecule has 0 bridgehead atoms. The summed E-state index contributed by atoms with van der Waals surface area (Å²) in [6.07, 6.45) is -6.66. The highest BCUT2D eigenvalue weighted by Crippen LogP contribution is 2.21. The molecule has 0 aromatic heterocycles. The largest absolute Gasteiger partial charge is 0.460 e. The summed E-state index contributed by atoms with van der Waals surface area (Å²) in [7, 11) is 0. The Labute approximate surface area is 116 Å². The third-order valence-electron chi connectivity index (χ3n) is 2.80. The second-order valence-electron chi connectivity index (χ2n) is 4.48. The van der Waals surface area contributed by atoms with E-state index in [2.05, 4.69) is 6.58 Å². The molecule has 1 aliphatic rings. The van der Waals surface area contributed by atoms with Crippen molar-refractivity contribution < 1.29 is 39.4 Å². The molecule has 4 N–H and O–H groups in total. The first-order valence-electron chi connectivity index (χ1n) is 6.13. The molecule has 0 unspecified atom stereocenters. The Morgan fingerprint density at radius 1 is 1.20 bits per heavy atom. The van der Waals surface area contributed by atoms with Gasteiger partial charge >= 0.3 is 5.97 Å². The summed E-state index contributed by atoms with van der Waals surface area (Å²) < 4.78 is 15.0. The molecule has 5 atom stereocenters. The highest BCUT2D eigenvalue weighted by Gasteiger charge is 2.43. The first-order chi connectivity index (χ1) is 9.38. The third-order valence-corrected chi connectivity index (χ3v) is 2.80. The Kier molecular flexibility index (Phi) is 6.53. The van der Waals surface area contributed by atoms with Gasteiger partial charge in [0.25, 0.3) is 0 Å². The maximum atomic E-state index is 11.1. The normalized spacial score (nSPS) is 33.8. The monoisotopic (exact) mass is 292 g/mol. The second kappa shape index (κ2) is 7.67. The minimum Gasteiger partial charge on any atom is -0.460 e. The molecular weight excluding hydrogens is 272 g/mol. The van der Waals surface area contributed by atoms with Gasteiger partial charge in [-0.2, -0.15) is 0 Å². The number of ether oxygens (including phenoxy) is 3. The van der Waals surface area contributed by atoms with Crippen LogP contribution in [0.4, 0.5) is 0 Å². The van der Waals surface area contributed by atoms with Crippen LogP contribution in [0.3, 0.4) is 0 Å². The molecule has 0 spiro atoms. The van der Waals surface area contributed by atoms with Crippen LogP contribution in [0.1, 0.15) is 6.92 Å². The number of aliphatic hydroxyl groups excluding tert-OH is 4. The number of esters is 1. The van der Waals surface area contributed by atoms with Gasteiger partial charge in [0.1, 0.15) is 31.0 Å². The maximum Gasteiger partial charge on any atom is 0.333 e. The average molecular weight is 292 g/mol. The molecule has 0 radical (unpaired) electrons. The highest BCUT2D eigenvalue weighted by atomic mass is 16.7. The van der Waals surface area contributed by atoms with Gasteiger partial charge in [0, 0.05) is 5.57 Å². The van der Waals surface area contributed by atoms with Crippen molar-refractivity contribution >= 4 is 5.97 Å². The van der Waals surface area contributed by atoms with Crippen molar-refractivity contribution in [2.75, 3.05) is 19.8 Å². The van der Waals surface area contributed by atoms with E-state index in [9.17, 15) is 20.1 Å². The molecule has 8 heteroatoms. The van der Waals surface area contributed by atoms with Gasteiger partial charge in [0.2, 0.25) is 0 Å². The van der Waals surface area contributed by atoms with Crippen LogP contribution in [-0.4, -0.2) is 76.9 Å². The zero-order chi connectivity index (χ0) is 15.3. The van der Waals surface area contributed by atoms with Crippen molar-refractivity contribution in [3.05, 3.63) is 12.2 Å². The number of hydrogen-bond donors (Lipinski definition) is 4. The van der Waals surface area contributed by atoms with Crippen LogP contribution in [-0.2, 0) is 19.0 Å². The fraction of sp³-hybridized carbons (Fsp3) is 0.750. The quantitative estimate of drug-likeness (QED) is 0.250. The lowest BCUT2D eigenvalue weighted by Gasteiger charge is -2.39. The van der Waals surface area contributed by atoms with Crippen molar-refractivity contribution in [2.24, 2.45) is 0 Å². The molecule has 1 fully saturated rings. The molecular formula is C12H20O8. The lowest BCUT2D eigenvalue weighted by molar-refractivity contribution is -0.302. The van der Waals surface area contributed by atoms with Crippen molar-refractivity contribution in [3.63, 3.8) is 0 Å². The summed E-state index contributed by atoms with van der Waals surface area (Å²) in [6.45, 7) is 4.21. The molecule has 1 rings (SSSR count). The van der Waals surface area contributed by atoms with Gasteiger partial charge < -0.3 is 34.6 Å². The van der Waals surface area contributed by atoms with E-state index in [0.29, 0.717) is 0 Å². The summed E-state index contributed by atoms with van der Waals surface area (Å²) in [5.74, 6) is -0.567. The van der Waals surface area contributed by atoms with E-state index >= 15 is 0 Å². The Hall–Kier alpha value is -1.03. The van der Waals surface area contributed by atoms with E-state index < -0.39 is 43.3 Å². The maximum absolute atomic E-state index is 11.1. The van der Waals surface area contributed by atoms with Crippen LogP contribution in [0.2, 0.25) is 0 Å². The van der Waals surface area contributed by atoms with Crippen LogP contribution in [0.25, 0.3) is 0 Å².